The minimum absolute atomic E-state index is 0.262. The average Bonchev–Trinajstić information content (AvgIpc) is 2.73. The van der Waals surface area contributed by atoms with E-state index in [1.54, 1.807) is 28.4 Å². The molecule has 0 aliphatic rings. The molecule has 0 aromatic heterocycles. The third kappa shape index (κ3) is 6.81. The van der Waals surface area contributed by atoms with Crippen LogP contribution in [-0.4, -0.2) is 59.8 Å². The van der Waals surface area contributed by atoms with Crippen LogP contribution in [0.2, 0.25) is 0 Å². The lowest BCUT2D eigenvalue weighted by atomic mass is 10.2. The number of likely N-dealkylation sites (N-methyl/N-ethyl adjacent to an activating group) is 1. The summed E-state index contributed by atoms with van der Waals surface area (Å²) in [5, 5.41) is 10.3. The summed E-state index contributed by atoms with van der Waals surface area (Å²) in [6.07, 6.45) is -0.560. The minimum atomic E-state index is -0.560. The molecule has 0 bridgehead atoms. The monoisotopic (exact) mass is 406 g/mol. The Balaban J connectivity index is 1.79. The lowest BCUT2D eigenvalue weighted by Gasteiger charge is -2.19. The third-order valence-electron chi connectivity index (χ3n) is 4.56. The zero-order valence-corrected chi connectivity index (χ0v) is 17.9. The van der Waals surface area contributed by atoms with Crippen molar-refractivity contribution in [3.63, 3.8) is 0 Å². The Morgan fingerprint density at radius 1 is 0.793 bits per heavy atom. The fraction of sp³-hybridized carbons (Fsp3) is 0.455. The zero-order chi connectivity index (χ0) is 21.2. The highest BCUT2D eigenvalue weighted by atomic mass is 16.5. The van der Waals surface area contributed by atoms with E-state index < -0.39 is 6.10 Å². The maximum absolute atomic E-state index is 10.3. The number of aliphatic hydroxyl groups excluding tert-OH is 1. The van der Waals surface area contributed by atoms with Gasteiger partial charge in [0.2, 0.25) is 0 Å². The summed E-state index contributed by atoms with van der Waals surface area (Å²) in [4.78, 5) is 1.17. The summed E-state index contributed by atoms with van der Waals surface area (Å²) in [5.41, 5.74) is 2.07. The number of rotatable bonds is 12. The molecule has 2 aromatic carbocycles. The molecule has 1 unspecified atom stereocenters. The summed E-state index contributed by atoms with van der Waals surface area (Å²) in [7, 11) is 8.48. The number of nitrogens with one attached hydrogen (secondary N) is 1. The van der Waals surface area contributed by atoms with Gasteiger partial charge < -0.3 is 33.7 Å². The van der Waals surface area contributed by atoms with Crippen molar-refractivity contribution in [2.75, 3.05) is 48.6 Å². The molecule has 0 radical (unpaired) electrons. The molecule has 0 aliphatic heterocycles. The summed E-state index contributed by atoms with van der Waals surface area (Å²) in [6, 6.07) is 11.5. The Morgan fingerprint density at radius 2 is 1.31 bits per heavy atom. The quantitative estimate of drug-likeness (QED) is 0.554. The highest BCUT2D eigenvalue weighted by Gasteiger charge is 2.14. The van der Waals surface area contributed by atoms with Gasteiger partial charge in [-0.05, 0) is 35.9 Å². The molecule has 0 fully saturated rings. The van der Waals surface area contributed by atoms with Gasteiger partial charge in [0.15, 0.2) is 23.0 Å². The molecule has 7 heteroatoms. The summed E-state index contributed by atoms with van der Waals surface area (Å²) in [6.45, 7) is 1.98. The first kappa shape index (κ1) is 22.8. The van der Waals surface area contributed by atoms with Crippen LogP contribution in [0.3, 0.4) is 0 Å². The Labute approximate surface area is 172 Å². The summed E-state index contributed by atoms with van der Waals surface area (Å²) >= 11 is 0. The van der Waals surface area contributed by atoms with Gasteiger partial charge in [-0.1, -0.05) is 6.07 Å². The fourth-order valence-corrected chi connectivity index (χ4v) is 3.16. The number of hydrogen-bond acceptors (Lipinski definition) is 6. The van der Waals surface area contributed by atoms with Crippen molar-refractivity contribution in [3.8, 4) is 23.0 Å². The van der Waals surface area contributed by atoms with Crippen molar-refractivity contribution < 1.29 is 33.7 Å². The van der Waals surface area contributed by atoms with E-state index in [0.717, 1.165) is 17.7 Å². The lowest BCUT2D eigenvalue weighted by Crippen LogP contribution is -3.08. The van der Waals surface area contributed by atoms with Crippen molar-refractivity contribution in [2.24, 2.45) is 0 Å². The van der Waals surface area contributed by atoms with E-state index in [1.165, 1.54) is 4.90 Å². The van der Waals surface area contributed by atoms with Crippen LogP contribution >= 0.6 is 0 Å². The van der Waals surface area contributed by atoms with Crippen LogP contribution in [0.5, 0.6) is 23.0 Å². The van der Waals surface area contributed by atoms with E-state index in [0.29, 0.717) is 36.1 Å². The largest absolute Gasteiger partial charge is 0.493 e. The van der Waals surface area contributed by atoms with Crippen LogP contribution in [0.1, 0.15) is 11.1 Å². The molecule has 2 N–H and O–H groups in total. The molecular formula is C22H32NO6+. The molecule has 0 amide bonds. The molecule has 2 rings (SSSR count). The minimum Gasteiger partial charge on any atom is -0.493 e. The third-order valence-corrected chi connectivity index (χ3v) is 4.56. The van der Waals surface area contributed by atoms with Gasteiger partial charge in [0, 0.05) is 5.56 Å². The Morgan fingerprint density at radius 3 is 1.86 bits per heavy atom. The predicted molar refractivity (Wildman–Crippen MR) is 110 cm³/mol. The second-order valence-electron chi connectivity index (χ2n) is 6.89. The van der Waals surface area contributed by atoms with E-state index in [-0.39, 0.29) is 6.61 Å². The molecular weight excluding hydrogens is 374 g/mol. The van der Waals surface area contributed by atoms with Gasteiger partial charge in [-0.2, -0.15) is 0 Å². The predicted octanol–water partition coefficient (Wildman–Crippen LogP) is 1.31. The fourth-order valence-electron chi connectivity index (χ4n) is 3.16. The second kappa shape index (κ2) is 11.5. The van der Waals surface area contributed by atoms with Gasteiger partial charge in [0.25, 0.3) is 0 Å². The molecule has 2 atom stereocenters. The number of ether oxygens (including phenoxy) is 5. The maximum Gasteiger partial charge on any atom is 0.161 e. The summed E-state index contributed by atoms with van der Waals surface area (Å²) < 4.78 is 26.8. The van der Waals surface area contributed by atoms with Crippen LogP contribution in [0.25, 0.3) is 0 Å². The van der Waals surface area contributed by atoms with Crippen molar-refractivity contribution in [3.05, 3.63) is 47.5 Å². The number of benzene rings is 2. The molecule has 2 aromatic rings. The first-order valence-electron chi connectivity index (χ1n) is 9.49. The smallest absolute Gasteiger partial charge is 0.161 e. The van der Waals surface area contributed by atoms with E-state index in [9.17, 15) is 5.11 Å². The lowest BCUT2D eigenvalue weighted by molar-refractivity contribution is -0.897. The average molecular weight is 406 g/mol. The van der Waals surface area contributed by atoms with Crippen LogP contribution in [-0.2, 0) is 17.9 Å². The van der Waals surface area contributed by atoms with Crippen LogP contribution < -0.4 is 23.8 Å². The number of quaternary nitrogens is 1. The van der Waals surface area contributed by atoms with Crippen LogP contribution in [0.15, 0.2) is 36.4 Å². The van der Waals surface area contributed by atoms with Crippen molar-refractivity contribution in [1.29, 1.82) is 0 Å². The van der Waals surface area contributed by atoms with E-state index in [4.69, 9.17) is 23.7 Å². The molecule has 0 saturated carbocycles. The van der Waals surface area contributed by atoms with Gasteiger partial charge in [0.1, 0.15) is 19.2 Å². The first-order valence-corrected chi connectivity index (χ1v) is 9.49. The molecule has 7 nitrogen and oxygen atoms in total. The molecule has 0 aliphatic carbocycles. The molecule has 0 spiro atoms. The Hall–Kier alpha value is -2.48. The van der Waals surface area contributed by atoms with Gasteiger partial charge in [-0.25, -0.2) is 0 Å². The normalized spacial score (nSPS) is 12.9. The van der Waals surface area contributed by atoms with Crippen molar-refractivity contribution in [2.45, 2.75) is 19.3 Å². The number of hydrogen-bond donors (Lipinski definition) is 2. The molecule has 160 valence electrons. The standard InChI is InChI=1S/C22H31NO6/c1-23(12-16-6-8-19(25-2)21(10-16)27-4)13-18(24)15-29-14-17-7-9-20(26-3)22(11-17)28-5/h6-11,18,24H,12-15H2,1-5H3/p+1/t18-/m1/s1. The molecule has 0 saturated heterocycles. The summed E-state index contributed by atoms with van der Waals surface area (Å²) in [5.74, 6) is 2.75. The van der Waals surface area contributed by atoms with Crippen molar-refractivity contribution >= 4 is 0 Å². The number of aliphatic hydroxyl groups is 1. The number of methoxy groups -OCH3 is 4. The Kier molecular flexibility index (Phi) is 9.05. The van der Waals surface area contributed by atoms with E-state index in [1.807, 2.05) is 43.4 Å². The van der Waals surface area contributed by atoms with Crippen LogP contribution in [0, 0.1) is 0 Å². The van der Waals surface area contributed by atoms with Crippen molar-refractivity contribution in [1.82, 2.24) is 0 Å². The molecule has 29 heavy (non-hydrogen) atoms. The second-order valence-corrected chi connectivity index (χ2v) is 6.89. The topological polar surface area (TPSA) is 70.8 Å². The van der Waals surface area contributed by atoms with E-state index >= 15 is 0 Å². The van der Waals surface area contributed by atoms with E-state index in [2.05, 4.69) is 0 Å². The zero-order valence-electron chi connectivity index (χ0n) is 17.9. The Bertz CT molecular complexity index is 767. The van der Waals surface area contributed by atoms with Gasteiger partial charge in [-0.3, -0.25) is 0 Å². The maximum atomic E-state index is 10.3. The molecule has 0 heterocycles. The van der Waals surface area contributed by atoms with Gasteiger partial charge in [0.05, 0.1) is 48.7 Å². The first-order chi connectivity index (χ1) is 14.0. The van der Waals surface area contributed by atoms with Gasteiger partial charge >= 0.3 is 0 Å². The van der Waals surface area contributed by atoms with Crippen LogP contribution in [0.4, 0.5) is 0 Å². The SMILES string of the molecule is COc1ccc(COC[C@H](O)C[NH+](C)Cc2ccc(OC)c(OC)c2)cc1OC. The highest BCUT2D eigenvalue weighted by Crippen LogP contribution is 2.28. The van der Waals surface area contributed by atoms with Gasteiger partial charge in [-0.15, -0.1) is 0 Å². The highest BCUT2D eigenvalue weighted by molar-refractivity contribution is 5.43.